The molecular weight excluding hydrogens is 455 g/mol. The number of nitrogens with one attached hydrogen (secondary N) is 1. The van der Waals surface area contributed by atoms with Crippen LogP contribution in [-0.2, 0) is 11.0 Å². The summed E-state index contributed by atoms with van der Waals surface area (Å²) in [6, 6.07) is 18.6. The van der Waals surface area contributed by atoms with Gasteiger partial charge in [0.2, 0.25) is 0 Å². The highest BCUT2D eigenvalue weighted by Crippen LogP contribution is 2.34. The molecule has 164 valence electrons. The number of fused-ring (bicyclic) bond motifs is 1. The lowest BCUT2D eigenvalue weighted by Crippen LogP contribution is -2.15. The van der Waals surface area contributed by atoms with Crippen molar-refractivity contribution in [2.24, 2.45) is 0 Å². The normalized spacial score (nSPS) is 11.9. The summed E-state index contributed by atoms with van der Waals surface area (Å²) in [5, 5.41) is 16.3. The van der Waals surface area contributed by atoms with Crippen LogP contribution in [0.15, 0.2) is 76.8 Å². The number of benzene rings is 3. The third kappa shape index (κ3) is 4.73. The number of anilines is 1. The van der Waals surface area contributed by atoms with Gasteiger partial charge in [-0.05, 0) is 42.0 Å². The highest BCUT2D eigenvalue weighted by atomic mass is 35.5. The number of nitriles is 1. The molecule has 0 bridgehead atoms. The van der Waals surface area contributed by atoms with Crippen LogP contribution >= 0.6 is 11.6 Å². The topological polar surface area (TPSA) is 78.9 Å². The van der Waals surface area contributed by atoms with Crippen LogP contribution in [0.25, 0.3) is 28.3 Å². The number of hydrogen-bond acceptors (Lipinski definition) is 4. The van der Waals surface area contributed by atoms with Crippen LogP contribution in [0.3, 0.4) is 0 Å². The van der Waals surface area contributed by atoms with Gasteiger partial charge in [0.25, 0.3) is 5.91 Å². The summed E-state index contributed by atoms with van der Waals surface area (Å²) >= 11 is 5.93. The minimum Gasteiger partial charge on any atom is -0.355 e. The van der Waals surface area contributed by atoms with Crippen molar-refractivity contribution in [1.82, 2.24) is 5.16 Å². The molecule has 1 N–H and O–H groups in total. The third-order valence-corrected chi connectivity index (χ3v) is 5.08. The summed E-state index contributed by atoms with van der Waals surface area (Å²) in [5.74, 6) is -0.369. The maximum Gasteiger partial charge on any atom is 0.416 e. The first-order chi connectivity index (χ1) is 15.8. The Morgan fingerprint density at radius 3 is 2.55 bits per heavy atom. The molecule has 9 heteroatoms. The average molecular weight is 468 g/mol. The Morgan fingerprint density at radius 2 is 1.85 bits per heavy atom. The Bertz CT molecular complexity index is 1420. The summed E-state index contributed by atoms with van der Waals surface area (Å²) in [6.07, 6.45) is -3.29. The Kier molecular flexibility index (Phi) is 5.90. The molecule has 0 aliphatic carbocycles. The number of hydrogen-bond donors (Lipinski definition) is 1. The van der Waals surface area contributed by atoms with E-state index in [2.05, 4.69) is 10.5 Å². The molecule has 33 heavy (non-hydrogen) atoms. The Hall–Kier alpha value is -4.09. The van der Waals surface area contributed by atoms with Gasteiger partial charge in [0.05, 0.1) is 21.7 Å². The van der Waals surface area contributed by atoms with Crippen molar-refractivity contribution in [1.29, 1.82) is 5.26 Å². The SMILES string of the molecule is N#C/C(=C\c1ccc2noc(-c3ccccc3)c2c1)C(=O)Nc1cc(C(F)(F)F)ccc1Cl. The first kappa shape index (κ1) is 22.1. The largest absolute Gasteiger partial charge is 0.416 e. The van der Waals surface area contributed by atoms with Crippen molar-refractivity contribution in [2.45, 2.75) is 6.18 Å². The lowest BCUT2D eigenvalue weighted by molar-refractivity contribution is -0.137. The number of alkyl halides is 3. The standard InChI is InChI=1S/C24H13ClF3N3O2/c25-19-8-7-17(24(26,27)28)12-21(19)30-23(32)16(13-29)10-14-6-9-20-18(11-14)22(33-31-20)15-4-2-1-3-5-15/h1-12H,(H,30,32)/b16-10+. The highest BCUT2D eigenvalue weighted by molar-refractivity contribution is 6.34. The second kappa shape index (κ2) is 8.81. The first-order valence-corrected chi connectivity index (χ1v) is 9.89. The summed E-state index contributed by atoms with van der Waals surface area (Å²) in [6.45, 7) is 0. The number of nitrogens with zero attached hydrogens (tertiary/aromatic N) is 2. The first-order valence-electron chi connectivity index (χ1n) is 9.51. The molecular formula is C24H13ClF3N3O2. The lowest BCUT2D eigenvalue weighted by Gasteiger charge is -2.11. The number of aromatic nitrogens is 1. The van der Waals surface area contributed by atoms with Crippen LogP contribution < -0.4 is 5.32 Å². The molecule has 0 atom stereocenters. The Labute approximate surface area is 190 Å². The van der Waals surface area contributed by atoms with Crippen LogP contribution in [0.5, 0.6) is 0 Å². The van der Waals surface area contributed by atoms with Gasteiger partial charge < -0.3 is 9.84 Å². The molecule has 0 radical (unpaired) electrons. The Morgan fingerprint density at radius 1 is 1.09 bits per heavy atom. The predicted molar refractivity (Wildman–Crippen MR) is 118 cm³/mol. The third-order valence-electron chi connectivity index (χ3n) is 4.75. The van der Waals surface area contributed by atoms with E-state index in [0.29, 0.717) is 28.3 Å². The smallest absolute Gasteiger partial charge is 0.355 e. The van der Waals surface area contributed by atoms with Crippen molar-refractivity contribution in [3.63, 3.8) is 0 Å². The van der Waals surface area contributed by atoms with Crippen molar-refractivity contribution in [3.8, 4) is 17.4 Å². The summed E-state index contributed by atoms with van der Waals surface area (Å²) in [5.41, 5.74) is 0.350. The van der Waals surface area contributed by atoms with Gasteiger partial charge in [0.1, 0.15) is 17.2 Å². The zero-order chi connectivity index (χ0) is 23.6. The second-order valence-corrected chi connectivity index (χ2v) is 7.38. The molecule has 4 rings (SSSR count). The molecule has 5 nitrogen and oxygen atoms in total. The van der Waals surface area contributed by atoms with Crippen molar-refractivity contribution >= 4 is 40.2 Å². The van der Waals surface area contributed by atoms with E-state index in [4.69, 9.17) is 16.1 Å². The molecule has 1 amide bonds. The van der Waals surface area contributed by atoms with Gasteiger partial charge in [-0.15, -0.1) is 0 Å². The zero-order valence-corrected chi connectivity index (χ0v) is 17.4. The molecule has 0 spiro atoms. The molecule has 0 saturated heterocycles. The van der Waals surface area contributed by atoms with Gasteiger partial charge in [0, 0.05) is 5.56 Å². The quantitative estimate of drug-likeness (QED) is 0.267. The van der Waals surface area contributed by atoms with E-state index in [1.165, 1.54) is 6.08 Å². The van der Waals surface area contributed by atoms with Crippen molar-refractivity contribution < 1.29 is 22.5 Å². The predicted octanol–water partition coefficient (Wildman–Crippen LogP) is 6.71. The maximum absolute atomic E-state index is 13.0. The van der Waals surface area contributed by atoms with E-state index in [1.54, 1.807) is 24.3 Å². The fourth-order valence-electron chi connectivity index (χ4n) is 3.15. The second-order valence-electron chi connectivity index (χ2n) is 6.97. The summed E-state index contributed by atoms with van der Waals surface area (Å²) < 4.78 is 44.4. The van der Waals surface area contributed by atoms with Gasteiger partial charge in [-0.2, -0.15) is 18.4 Å². The van der Waals surface area contributed by atoms with Crippen molar-refractivity contribution in [3.05, 3.63) is 88.5 Å². The number of carbonyl (C=O) groups excluding carboxylic acids is 1. The minimum absolute atomic E-state index is 0.0907. The average Bonchev–Trinajstić information content (AvgIpc) is 3.22. The van der Waals surface area contributed by atoms with E-state index >= 15 is 0 Å². The van der Waals surface area contributed by atoms with E-state index < -0.39 is 17.6 Å². The van der Waals surface area contributed by atoms with Crippen LogP contribution in [0.4, 0.5) is 18.9 Å². The van der Waals surface area contributed by atoms with Gasteiger partial charge in [-0.25, -0.2) is 0 Å². The highest BCUT2D eigenvalue weighted by Gasteiger charge is 2.31. The Balaban J connectivity index is 1.66. The molecule has 0 aliphatic rings. The number of halogens is 4. The lowest BCUT2D eigenvalue weighted by atomic mass is 10.0. The van der Waals surface area contributed by atoms with Gasteiger partial charge >= 0.3 is 6.18 Å². The molecule has 4 aromatic rings. The monoisotopic (exact) mass is 467 g/mol. The van der Waals surface area contributed by atoms with E-state index in [-0.39, 0.29) is 16.3 Å². The molecule has 0 fully saturated rings. The van der Waals surface area contributed by atoms with Crippen LogP contribution in [-0.4, -0.2) is 11.1 Å². The van der Waals surface area contributed by atoms with Crippen LogP contribution in [0, 0.1) is 11.3 Å². The summed E-state index contributed by atoms with van der Waals surface area (Å²) in [4.78, 5) is 12.6. The molecule has 0 saturated carbocycles. The van der Waals surface area contributed by atoms with Crippen LogP contribution in [0.1, 0.15) is 11.1 Å². The molecule has 1 heterocycles. The maximum atomic E-state index is 13.0. The number of amides is 1. The van der Waals surface area contributed by atoms with Crippen LogP contribution in [0.2, 0.25) is 5.02 Å². The van der Waals surface area contributed by atoms with Gasteiger partial charge in [0.15, 0.2) is 5.76 Å². The fraction of sp³-hybridized carbons (Fsp3) is 0.0417. The zero-order valence-electron chi connectivity index (χ0n) is 16.7. The van der Waals surface area contributed by atoms with Gasteiger partial charge in [-0.3, -0.25) is 4.79 Å². The van der Waals surface area contributed by atoms with Crippen molar-refractivity contribution in [2.75, 3.05) is 5.32 Å². The molecule has 0 aliphatic heterocycles. The van der Waals surface area contributed by atoms with E-state index in [9.17, 15) is 23.2 Å². The minimum atomic E-state index is -4.61. The molecule has 3 aromatic carbocycles. The number of rotatable bonds is 4. The fourth-order valence-corrected chi connectivity index (χ4v) is 3.31. The number of carbonyl (C=O) groups is 1. The molecule has 1 aromatic heterocycles. The summed E-state index contributed by atoms with van der Waals surface area (Å²) in [7, 11) is 0. The van der Waals surface area contributed by atoms with Gasteiger partial charge in [-0.1, -0.05) is 53.2 Å². The molecule has 0 unspecified atom stereocenters. The van der Waals surface area contributed by atoms with E-state index in [0.717, 1.165) is 17.7 Å². The van der Waals surface area contributed by atoms with E-state index in [1.807, 2.05) is 30.3 Å².